The van der Waals surface area contributed by atoms with Crippen LogP contribution in [0.25, 0.3) is 0 Å². The van der Waals surface area contributed by atoms with E-state index in [1.165, 1.54) is 0 Å². The fourth-order valence-electron chi connectivity index (χ4n) is 3.61. The van der Waals surface area contributed by atoms with Crippen molar-refractivity contribution in [1.29, 1.82) is 0 Å². The van der Waals surface area contributed by atoms with Crippen LogP contribution in [0, 0.1) is 5.92 Å². The molecule has 2 aromatic rings. The molecule has 3 amide bonds. The van der Waals surface area contributed by atoms with Gasteiger partial charge in [-0.15, -0.1) is 0 Å². The van der Waals surface area contributed by atoms with Crippen molar-refractivity contribution in [2.75, 3.05) is 44.5 Å². The van der Waals surface area contributed by atoms with Crippen molar-refractivity contribution in [2.45, 2.75) is 26.0 Å². The maximum absolute atomic E-state index is 13.3. The number of halogens is 2. The number of methoxy groups -OCH3 is 1. The van der Waals surface area contributed by atoms with Gasteiger partial charge in [0, 0.05) is 44.7 Å². The van der Waals surface area contributed by atoms with Crippen LogP contribution in [0.2, 0.25) is 10.0 Å². The van der Waals surface area contributed by atoms with Crippen molar-refractivity contribution in [1.82, 2.24) is 10.2 Å². The van der Waals surface area contributed by atoms with Crippen LogP contribution in [0.15, 0.2) is 36.4 Å². The van der Waals surface area contributed by atoms with Gasteiger partial charge in [-0.2, -0.15) is 0 Å². The molecule has 1 aliphatic heterocycles. The van der Waals surface area contributed by atoms with E-state index in [1.807, 2.05) is 6.92 Å². The molecule has 34 heavy (non-hydrogen) atoms. The summed E-state index contributed by atoms with van der Waals surface area (Å²) in [5.74, 6) is 0.419. The molecule has 0 saturated carbocycles. The molecule has 3 rings (SSSR count). The summed E-state index contributed by atoms with van der Waals surface area (Å²) in [5, 5.41) is 9.61. The van der Waals surface area contributed by atoms with Crippen LogP contribution in [-0.2, 0) is 4.74 Å². The number of hydrogen-bond donors (Lipinski definition) is 3. The Bertz CT molecular complexity index is 1040. The van der Waals surface area contributed by atoms with Gasteiger partial charge in [-0.1, -0.05) is 30.1 Å². The number of benzene rings is 2. The van der Waals surface area contributed by atoms with Crippen LogP contribution in [-0.4, -0.2) is 62.8 Å². The third-order valence-corrected chi connectivity index (χ3v) is 6.40. The van der Waals surface area contributed by atoms with E-state index in [0.29, 0.717) is 45.9 Å². The first-order valence-electron chi connectivity index (χ1n) is 11.0. The predicted octanol–water partition coefficient (Wildman–Crippen LogP) is 4.73. The zero-order valence-electron chi connectivity index (χ0n) is 19.7. The molecule has 0 fully saturated rings. The largest absolute Gasteiger partial charge is 0.491 e. The number of nitrogens with one attached hydrogen (secondary N) is 3. The van der Waals surface area contributed by atoms with Gasteiger partial charge in [0.1, 0.15) is 12.4 Å². The van der Waals surface area contributed by atoms with Gasteiger partial charge in [-0.3, -0.25) is 4.79 Å². The van der Waals surface area contributed by atoms with Gasteiger partial charge in [0.15, 0.2) is 0 Å². The number of ether oxygens (including phenoxy) is 2. The molecule has 0 aromatic heterocycles. The summed E-state index contributed by atoms with van der Waals surface area (Å²) in [6.07, 6.45) is -0.129. The highest BCUT2D eigenvalue weighted by Gasteiger charge is 2.25. The highest BCUT2D eigenvalue weighted by molar-refractivity contribution is 6.42. The Hall–Kier alpha value is -2.52. The minimum absolute atomic E-state index is 0.0786. The fourth-order valence-corrected chi connectivity index (χ4v) is 3.90. The maximum atomic E-state index is 13.3. The standard InChI is InChI=1S/C24H30Cl2N4O4/c1-14-11-27-15(2)13-34-21-8-6-16(9-18(21)23(31)30(3)12-22(14)33-4)28-24(32)29-17-5-7-19(25)20(26)10-17/h5-10,14-15,22,27H,11-13H2,1-4H3,(H2,28,29,32)/t14-,15-,22-/m0/s1. The van der Waals surface area contributed by atoms with E-state index >= 15 is 0 Å². The van der Waals surface area contributed by atoms with Gasteiger partial charge in [0.25, 0.3) is 5.91 Å². The van der Waals surface area contributed by atoms with Gasteiger partial charge in [0.2, 0.25) is 0 Å². The first-order chi connectivity index (χ1) is 16.2. The van der Waals surface area contributed by atoms with Gasteiger partial charge < -0.3 is 30.3 Å². The zero-order valence-corrected chi connectivity index (χ0v) is 21.2. The second kappa shape index (κ2) is 11.8. The molecule has 0 saturated heterocycles. The summed E-state index contributed by atoms with van der Waals surface area (Å²) in [6, 6.07) is 9.36. The van der Waals surface area contributed by atoms with Crippen molar-refractivity contribution >= 4 is 46.5 Å². The highest BCUT2D eigenvalue weighted by atomic mass is 35.5. The first-order valence-corrected chi connectivity index (χ1v) is 11.7. The Morgan fingerprint density at radius 3 is 2.47 bits per heavy atom. The normalized spacial score (nSPS) is 21.5. The molecule has 10 heteroatoms. The number of likely N-dealkylation sites (N-methyl/N-ethyl adjacent to an activating group) is 1. The van der Waals surface area contributed by atoms with Crippen LogP contribution in [0.4, 0.5) is 16.2 Å². The average molecular weight is 509 g/mol. The molecule has 0 spiro atoms. The molecule has 8 nitrogen and oxygen atoms in total. The van der Waals surface area contributed by atoms with E-state index in [1.54, 1.807) is 55.5 Å². The summed E-state index contributed by atoms with van der Waals surface area (Å²) >= 11 is 11.9. The predicted molar refractivity (Wildman–Crippen MR) is 135 cm³/mol. The molecule has 184 valence electrons. The first kappa shape index (κ1) is 26.1. The Morgan fingerprint density at radius 2 is 1.79 bits per heavy atom. The van der Waals surface area contributed by atoms with Crippen molar-refractivity contribution in [3.63, 3.8) is 0 Å². The topological polar surface area (TPSA) is 91.9 Å². The second-order valence-corrected chi connectivity index (χ2v) is 9.29. The molecular formula is C24H30Cl2N4O4. The summed E-state index contributed by atoms with van der Waals surface area (Å²) in [5.41, 5.74) is 1.28. The minimum Gasteiger partial charge on any atom is -0.491 e. The third kappa shape index (κ3) is 6.76. The molecule has 1 aliphatic rings. The maximum Gasteiger partial charge on any atom is 0.323 e. The highest BCUT2D eigenvalue weighted by Crippen LogP contribution is 2.27. The number of hydrogen-bond acceptors (Lipinski definition) is 5. The Morgan fingerprint density at radius 1 is 1.12 bits per heavy atom. The average Bonchev–Trinajstić information content (AvgIpc) is 2.81. The molecule has 0 unspecified atom stereocenters. The Kier molecular flexibility index (Phi) is 9.02. The van der Waals surface area contributed by atoms with Crippen LogP contribution >= 0.6 is 23.2 Å². The molecule has 1 heterocycles. The molecule has 0 aliphatic carbocycles. The number of fused-ring (bicyclic) bond motifs is 1. The van der Waals surface area contributed by atoms with Crippen molar-refractivity contribution in [3.05, 3.63) is 52.0 Å². The lowest BCUT2D eigenvalue weighted by Crippen LogP contribution is -2.44. The van der Waals surface area contributed by atoms with Crippen LogP contribution in [0.5, 0.6) is 5.75 Å². The van der Waals surface area contributed by atoms with Crippen molar-refractivity contribution < 1.29 is 19.1 Å². The lowest BCUT2D eigenvalue weighted by atomic mass is 10.0. The summed E-state index contributed by atoms with van der Waals surface area (Å²) < 4.78 is 11.6. The van der Waals surface area contributed by atoms with Gasteiger partial charge in [0.05, 0.1) is 21.7 Å². The molecule has 3 atom stereocenters. The monoisotopic (exact) mass is 508 g/mol. The summed E-state index contributed by atoms with van der Waals surface area (Å²) in [6.45, 7) is 5.66. The second-order valence-electron chi connectivity index (χ2n) is 8.48. The lowest BCUT2D eigenvalue weighted by molar-refractivity contribution is 0.0281. The van der Waals surface area contributed by atoms with Crippen molar-refractivity contribution in [2.24, 2.45) is 5.92 Å². The smallest absolute Gasteiger partial charge is 0.323 e. The molecule has 0 bridgehead atoms. The molecular weight excluding hydrogens is 479 g/mol. The van der Waals surface area contributed by atoms with Gasteiger partial charge in [-0.05, 0) is 49.2 Å². The number of amides is 3. The van der Waals surface area contributed by atoms with E-state index in [4.69, 9.17) is 32.7 Å². The van der Waals surface area contributed by atoms with Gasteiger partial charge >= 0.3 is 6.03 Å². The number of urea groups is 1. The summed E-state index contributed by atoms with van der Waals surface area (Å²) in [7, 11) is 3.38. The quantitative estimate of drug-likeness (QED) is 0.557. The number of rotatable bonds is 3. The third-order valence-electron chi connectivity index (χ3n) is 5.66. The van der Waals surface area contributed by atoms with Crippen LogP contribution in [0.3, 0.4) is 0 Å². The van der Waals surface area contributed by atoms with E-state index in [9.17, 15) is 9.59 Å². The summed E-state index contributed by atoms with van der Waals surface area (Å²) in [4.78, 5) is 27.4. The molecule has 3 N–H and O–H groups in total. The zero-order chi connectivity index (χ0) is 24.8. The van der Waals surface area contributed by atoms with Gasteiger partial charge in [-0.25, -0.2) is 4.79 Å². The SMILES string of the molecule is CO[C@H]1CN(C)C(=O)c2cc(NC(=O)Nc3ccc(Cl)c(Cl)c3)ccc2OC[C@H](C)NC[C@@H]1C. The van der Waals surface area contributed by atoms with Crippen LogP contribution in [0.1, 0.15) is 24.2 Å². The lowest BCUT2D eigenvalue weighted by Gasteiger charge is -2.30. The van der Waals surface area contributed by atoms with E-state index in [0.717, 1.165) is 6.54 Å². The van der Waals surface area contributed by atoms with E-state index < -0.39 is 6.03 Å². The fraction of sp³-hybridized carbons (Fsp3) is 0.417. The van der Waals surface area contributed by atoms with E-state index in [-0.39, 0.29) is 24.0 Å². The van der Waals surface area contributed by atoms with Crippen molar-refractivity contribution in [3.8, 4) is 5.75 Å². The number of carbonyl (C=O) groups excluding carboxylic acids is 2. The minimum atomic E-state index is -0.487. The Balaban J connectivity index is 1.82. The number of carbonyl (C=O) groups is 2. The van der Waals surface area contributed by atoms with Crippen LogP contribution < -0.4 is 20.7 Å². The molecule has 2 aromatic carbocycles. The number of nitrogens with zero attached hydrogens (tertiary/aromatic N) is 1. The number of anilines is 2. The molecule has 0 radical (unpaired) electrons. The Labute approximate surface area is 209 Å². The van der Waals surface area contributed by atoms with E-state index in [2.05, 4.69) is 22.9 Å².